The molecule has 0 spiro atoms. The summed E-state index contributed by atoms with van der Waals surface area (Å²) in [4.78, 5) is 2.59. The number of hydrogen-bond donors (Lipinski definition) is 1. The first-order valence-corrected chi connectivity index (χ1v) is 8.36. The van der Waals surface area contributed by atoms with Gasteiger partial charge in [0.05, 0.1) is 7.11 Å². The summed E-state index contributed by atoms with van der Waals surface area (Å²) in [5.41, 5.74) is 1.39. The van der Waals surface area contributed by atoms with E-state index in [0.29, 0.717) is 6.04 Å². The normalized spacial score (nSPS) is 17.0. The lowest BCUT2D eigenvalue weighted by atomic mass is 10.1. The minimum Gasteiger partial charge on any atom is -0.497 e. The van der Waals surface area contributed by atoms with Crippen molar-refractivity contribution >= 4 is 0 Å². The fourth-order valence-corrected chi connectivity index (χ4v) is 2.93. The molecule has 0 aliphatic carbocycles. The maximum absolute atomic E-state index is 5.19. The highest BCUT2D eigenvalue weighted by Crippen LogP contribution is 2.13. The largest absolute Gasteiger partial charge is 0.497 e. The van der Waals surface area contributed by atoms with Crippen molar-refractivity contribution in [3.05, 3.63) is 29.8 Å². The van der Waals surface area contributed by atoms with Crippen molar-refractivity contribution in [3.63, 3.8) is 0 Å². The summed E-state index contributed by atoms with van der Waals surface area (Å²) in [6, 6.07) is 9.01. The van der Waals surface area contributed by atoms with Crippen LogP contribution in [0.1, 0.15) is 38.2 Å². The second-order valence-electron chi connectivity index (χ2n) is 6.14. The van der Waals surface area contributed by atoms with Crippen LogP contribution in [0.5, 0.6) is 5.75 Å². The number of nitrogens with zero attached hydrogens (tertiary/aromatic N) is 1. The smallest absolute Gasteiger partial charge is 0.118 e. The van der Waals surface area contributed by atoms with Crippen LogP contribution in [0, 0.1) is 0 Å². The van der Waals surface area contributed by atoms with Crippen molar-refractivity contribution in [2.75, 3.05) is 33.3 Å². The number of methoxy groups -OCH3 is 1. The zero-order chi connectivity index (χ0) is 14.9. The lowest BCUT2D eigenvalue weighted by molar-refractivity contribution is 0.327. The van der Waals surface area contributed by atoms with E-state index >= 15 is 0 Å². The van der Waals surface area contributed by atoms with Crippen LogP contribution in [0.25, 0.3) is 0 Å². The molecular weight excluding hydrogens is 260 g/mol. The summed E-state index contributed by atoms with van der Waals surface area (Å²) in [6.07, 6.45) is 6.38. The van der Waals surface area contributed by atoms with Gasteiger partial charge < -0.3 is 15.0 Å². The summed E-state index contributed by atoms with van der Waals surface area (Å²) >= 11 is 0. The van der Waals surface area contributed by atoms with Crippen LogP contribution in [0.4, 0.5) is 0 Å². The molecule has 1 fully saturated rings. The average molecular weight is 290 g/mol. The SMILES string of the molecule is COc1ccc(CCC(C)NCCCN2CCCC2)cc1. The van der Waals surface area contributed by atoms with Crippen LogP contribution >= 0.6 is 0 Å². The van der Waals surface area contributed by atoms with Gasteiger partial charge >= 0.3 is 0 Å². The van der Waals surface area contributed by atoms with E-state index < -0.39 is 0 Å². The lowest BCUT2D eigenvalue weighted by Crippen LogP contribution is -2.30. The molecule has 118 valence electrons. The molecule has 21 heavy (non-hydrogen) atoms. The number of benzene rings is 1. The van der Waals surface area contributed by atoms with Crippen molar-refractivity contribution in [3.8, 4) is 5.75 Å². The second-order valence-corrected chi connectivity index (χ2v) is 6.14. The monoisotopic (exact) mass is 290 g/mol. The first-order chi connectivity index (χ1) is 10.3. The van der Waals surface area contributed by atoms with Gasteiger partial charge in [0.15, 0.2) is 0 Å². The Morgan fingerprint density at radius 2 is 1.90 bits per heavy atom. The molecule has 1 saturated heterocycles. The molecule has 1 aliphatic rings. The zero-order valence-corrected chi connectivity index (χ0v) is 13.6. The van der Waals surface area contributed by atoms with Crippen molar-refractivity contribution < 1.29 is 4.74 Å². The van der Waals surface area contributed by atoms with Crippen LogP contribution in [0.3, 0.4) is 0 Å². The van der Waals surface area contributed by atoms with Gasteiger partial charge in [-0.2, -0.15) is 0 Å². The number of hydrogen-bond acceptors (Lipinski definition) is 3. The van der Waals surface area contributed by atoms with E-state index in [2.05, 4.69) is 29.3 Å². The summed E-state index contributed by atoms with van der Waals surface area (Å²) in [7, 11) is 1.71. The minimum absolute atomic E-state index is 0.589. The number of ether oxygens (including phenoxy) is 1. The van der Waals surface area contributed by atoms with Gasteiger partial charge in [0.25, 0.3) is 0 Å². The second kappa shape index (κ2) is 9.06. The lowest BCUT2D eigenvalue weighted by Gasteiger charge is -2.17. The number of rotatable bonds is 9. The van der Waals surface area contributed by atoms with E-state index in [-0.39, 0.29) is 0 Å². The standard InChI is InChI=1S/C18H30N2O/c1-16(19-12-5-15-20-13-3-4-14-20)6-7-17-8-10-18(21-2)11-9-17/h8-11,16,19H,3-7,12-15H2,1-2H3. The number of aryl methyl sites for hydroxylation is 1. The number of nitrogens with one attached hydrogen (secondary N) is 1. The molecule has 1 atom stereocenters. The summed E-state index contributed by atoms with van der Waals surface area (Å²) < 4.78 is 5.19. The van der Waals surface area contributed by atoms with Gasteiger partial charge in [-0.3, -0.25) is 0 Å². The maximum Gasteiger partial charge on any atom is 0.118 e. The molecule has 1 aromatic rings. The van der Waals surface area contributed by atoms with E-state index in [4.69, 9.17) is 4.74 Å². The van der Waals surface area contributed by atoms with Gasteiger partial charge in [0.2, 0.25) is 0 Å². The van der Waals surface area contributed by atoms with Gasteiger partial charge in [-0.1, -0.05) is 12.1 Å². The highest BCUT2D eigenvalue weighted by atomic mass is 16.5. The Morgan fingerprint density at radius 1 is 1.19 bits per heavy atom. The molecule has 0 bridgehead atoms. The molecular formula is C18H30N2O. The quantitative estimate of drug-likeness (QED) is 0.707. The predicted octanol–water partition coefficient (Wildman–Crippen LogP) is 3.09. The van der Waals surface area contributed by atoms with Gasteiger partial charge in [-0.25, -0.2) is 0 Å². The average Bonchev–Trinajstić information content (AvgIpc) is 3.03. The molecule has 1 N–H and O–H groups in total. The molecule has 0 aromatic heterocycles. The molecule has 0 saturated carbocycles. The molecule has 1 heterocycles. The van der Waals surface area contributed by atoms with Gasteiger partial charge in [0, 0.05) is 6.04 Å². The first kappa shape index (κ1) is 16.3. The molecule has 1 aromatic carbocycles. The van der Waals surface area contributed by atoms with E-state index in [1.807, 2.05) is 12.1 Å². The topological polar surface area (TPSA) is 24.5 Å². The van der Waals surface area contributed by atoms with E-state index in [9.17, 15) is 0 Å². The third kappa shape index (κ3) is 6.06. The molecule has 1 unspecified atom stereocenters. The summed E-state index contributed by atoms with van der Waals surface area (Å²) in [5, 5.41) is 3.65. The summed E-state index contributed by atoms with van der Waals surface area (Å²) in [6.45, 7) is 7.32. The number of likely N-dealkylation sites (tertiary alicyclic amines) is 1. The van der Waals surface area contributed by atoms with Gasteiger partial charge in [-0.15, -0.1) is 0 Å². The molecule has 3 nitrogen and oxygen atoms in total. The first-order valence-electron chi connectivity index (χ1n) is 8.36. The van der Waals surface area contributed by atoms with Gasteiger partial charge in [0.1, 0.15) is 5.75 Å². The minimum atomic E-state index is 0.589. The Labute approximate surface area is 129 Å². The fraction of sp³-hybridized carbons (Fsp3) is 0.667. The molecule has 3 heteroatoms. The third-order valence-electron chi connectivity index (χ3n) is 4.37. The van der Waals surface area contributed by atoms with Crippen molar-refractivity contribution in [2.45, 2.75) is 45.1 Å². The Hall–Kier alpha value is -1.06. The van der Waals surface area contributed by atoms with Crippen molar-refractivity contribution in [1.29, 1.82) is 0 Å². The van der Waals surface area contributed by atoms with Gasteiger partial charge in [-0.05, 0) is 82.9 Å². The van der Waals surface area contributed by atoms with E-state index in [1.165, 1.54) is 50.9 Å². The van der Waals surface area contributed by atoms with Crippen molar-refractivity contribution in [2.24, 2.45) is 0 Å². The van der Waals surface area contributed by atoms with E-state index in [1.54, 1.807) is 7.11 Å². The Morgan fingerprint density at radius 3 is 2.57 bits per heavy atom. The van der Waals surface area contributed by atoms with Crippen LogP contribution < -0.4 is 10.1 Å². The Kier molecular flexibility index (Phi) is 7.04. The zero-order valence-electron chi connectivity index (χ0n) is 13.6. The summed E-state index contributed by atoms with van der Waals surface area (Å²) in [5.74, 6) is 0.937. The Bertz CT molecular complexity index is 385. The molecule has 1 aliphatic heterocycles. The fourth-order valence-electron chi connectivity index (χ4n) is 2.93. The molecule has 2 rings (SSSR count). The predicted molar refractivity (Wildman–Crippen MR) is 89.1 cm³/mol. The van der Waals surface area contributed by atoms with Crippen LogP contribution in [0.2, 0.25) is 0 Å². The highest BCUT2D eigenvalue weighted by molar-refractivity contribution is 5.27. The van der Waals surface area contributed by atoms with Crippen LogP contribution in [-0.2, 0) is 6.42 Å². The van der Waals surface area contributed by atoms with Crippen LogP contribution in [0.15, 0.2) is 24.3 Å². The van der Waals surface area contributed by atoms with Crippen molar-refractivity contribution in [1.82, 2.24) is 10.2 Å². The highest BCUT2D eigenvalue weighted by Gasteiger charge is 2.10. The Balaban J connectivity index is 1.54. The van der Waals surface area contributed by atoms with Crippen LogP contribution in [-0.4, -0.2) is 44.2 Å². The van der Waals surface area contributed by atoms with E-state index in [0.717, 1.165) is 18.7 Å². The molecule has 0 radical (unpaired) electrons. The maximum atomic E-state index is 5.19. The molecule has 0 amide bonds. The third-order valence-corrected chi connectivity index (χ3v) is 4.37.